The number of benzene rings is 2. The molecule has 0 spiro atoms. The van der Waals surface area contributed by atoms with Gasteiger partial charge in [-0.1, -0.05) is 12.1 Å². The molecule has 0 saturated carbocycles. The standard InChI is InChI=1S/C17H12N6O6S2/c24-9-11-7-12(23(25)26)5-6-15(11)22-20-17(19-21(22)13-8-18-30-10-13)14-3-1-2-4-16(14)31(27,28)29/h1-8,10,24H,9H2/p+1. The van der Waals surface area contributed by atoms with E-state index < -0.39 is 21.6 Å². The van der Waals surface area contributed by atoms with E-state index in [0.717, 1.165) is 11.5 Å². The summed E-state index contributed by atoms with van der Waals surface area (Å²) in [7, 11) is -4.56. The predicted molar refractivity (Wildman–Crippen MR) is 106 cm³/mol. The van der Waals surface area contributed by atoms with Gasteiger partial charge in [0.15, 0.2) is 11.4 Å². The summed E-state index contributed by atoms with van der Waals surface area (Å²) in [6, 6.07) is 9.51. The average Bonchev–Trinajstić information content (AvgIpc) is 3.42. The van der Waals surface area contributed by atoms with Crippen molar-refractivity contribution in [2.75, 3.05) is 0 Å². The molecule has 14 heteroatoms. The van der Waals surface area contributed by atoms with Crippen molar-refractivity contribution >= 4 is 27.3 Å². The zero-order valence-corrected chi connectivity index (χ0v) is 17.1. The molecule has 0 radical (unpaired) electrons. The summed E-state index contributed by atoms with van der Waals surface area (Å²) in [6.07, 6.45) is 1.50. The van der Waals surface area contributed by atoms with Gasteiger partial charge >= 0.3 is 5.82 Å². The third kappa shape index (κ3) is 3.91. The van der Waals surface area contributed by atoms with E-state index in [4.69, 9.17) is 0 Å². The van der Waals surface area contributed by atoms with E-state index >= 15 is 0 Å². The van der Waals surface area contributed by atoms with E-state index in [1.807, 2.05) is 0 Å². The molecule has 12 nitrogen and oxygen atoms in total. The molecule has 0 atom stereocenters. The molecule has 2 aromatic heterocycles. The van der Waals surface area contributed by atoms with Crippen molar-refractivity contribution in [3.8, 4) is 22.8 Å². The maximum Gasteiger partial charge on any atom is 0.341 e. The summed E-state index contributed by atoms with van der Waals surface area (Å²) in [4.78, 5) is 12.7. The average molecular weight is 461 g/mol. The zero-order chi connectivity index (χ0) is 22.2. The summed E-state index contributed by atoms with van der Waals surface area (Å²) >= 11 is 1.14. The Kier molecular flexibility index (Phi) is 5.28. The summed E-state index contributed by atoms with van der Waals surface area (Å²) in [5, 5.41) is 31.2. The van der Waals surface area contributed by atoms with Crippen LogP contribution in [0.4, 0.5) is 5.69 Å². The monoisotopic (exact) mass is 461 g/mol. The first-order valence-corrected chi connectivity index (χ1v) is 10.8. The maximum atomic E-state index is 11.8. The first-order valence-electron chi connectivity index (χ1n) is 8.54. The van der Waals surface area contributed by atoms with Gasteiger partial charge in [0.25, 0.3) is 15.8 Å². The van der Waals surface area contributed by atoms with E-state index in [0.29, 0.717) is 5.69 Å². The number of aliphatic hydroxyl groups excluding tert-OH is 1. The zero-order valence-electron chi connectivity index (χ0n) is 15.4. The SMILES string of the molecule is O=[N+]([O-])c1ccc(-[n+]2nc(-c3ccccc3S(=O)(=O)O)nn2-c2cnsc2)c(CO)c1. The predicted octanol–water partition coefficient (Wildman–Crippen LogP) is 1.31. The molecular weight excluding hydrogens is 448 g/mol. The number of aliphatic hydroxyl groups is 1. The lowest BCUT2D eigenvalue weighted by molar-refractivity contribution is -0.735. The molecule has 0 amide bonds. The van der Waals surface area contributed by atoms with Crippen molar-refractivity contribution in [3.63, 3.8) is 0 Å². The molecule has 2 aromatic carbocycles. The molecule has 158 valence electrons. The molecule has 0 aliphatic carbocycles. The highest BCUT2D eigenvalue weighted by molar-refractivity contribution is 7.86. The van der Waals surface area contributed by atoms with E-state index in [1.165, 1.54) is 52.2 Å². The minimum absolute atomic E-state index is 0.0401. The molecule has 31 heavy (non-hydrogen) atoms. The molecule has 0 aliphatic rings. The lowest BCUT2D eigenvalue weighted by atomic mass is 10.1. The van der Waals surface area contributed by atoms with E-state index in [1.54, 1.807) is 11.4 Å². The Morgan fingerprint density at radius 3 is 2.65 bits per heavy atom. The van der Waals surface area contributed by atoms with Crippen molar-refractivity contribution in [2.24, 2.45) is 0 Å². The third-order valence-corrected chi connectivity index (χ3v) is 5.76. The van der Waals surface area contributed by atoms with Crippen LogP contribution in [0.2, 0.25) is 0 Å². The van der Waals surface area contributed by atoms with Crippen LogP contribution in [0.3, 0.4) is 0 Å². The molecule has 2 heterocycles. The summed E-state index contributed by atoms with van der Waals surface area (Å²) < 4.78 is 37.2. The highest BCUT2D eigenvalue weighted by atomic mass is 32.2. The summed E-state index contributed by atoms with van der Waals surface area (Å²) in [6.45, 7) is -0.518. The lowest BCUT2D eigenvalue weighted by Crippen LogP contribution is -2.44. The van der Waals surface area contributed by atoms with Crippen LogP contribution in [0.1, 0.15) is 5.56 Å². The van der Waals surface area contributed by atoms with Gasteiger partial charge in [-0.05, 0) is 39.6 Å². The summed E-state index contributed by atoms with van der Waals surface area (Å²) in [5.41, 5.74) is 0.796. The Morgan fingerprint density at radius 1 is 1.23 bits per heavy atom. The molecule has 2 N–H and O–H groups in total. The topological polar surface area (TPSA) is 165 Å². The number of non-ortho nitro benzene ring substituents is 1. The Labute approximate surface area is 178 Å². The Morgan fingerprint density at radius 2 is 2.00 bits per heavy atom. The molecular formula is C17H13N6O6S2+. The van der Waals surface area contributed by atoms with Crippen molar-refractivity contribution in [2.45, 2.75) is 11.5 Å². The van der Waals surface area contributed by atoms with Crippen LogP contribution in [0, 0.1) is 10.1 Å². The number of nitro groups is 1. The van der Waals surface area contributed by atoms with Gasteiger partial charge < -0.3 is 5.11 Å². The van der Waals surface area contributed by atoms with Gasteiger partial charge in [-0.2, -0.15) is 12.8 Å². The number of tetrazole rings is 1. The van der Waals surface area contributed by atoms with Crippen LogP contribution in [-0.4, -0.2) is 42.4 Å². The Balaban J connectivity index is 1.98. The fraction of sp³-hybridized carbons (Fsp3) is 0.0588. The second-order valence-electron chi connectivity index (χ2n) is 6.18. The van der Waals surface area contributed by atoms with Crippen molar-refractivity contribution < 1.29 is 27.8 Å². The van der Waals surface area contributed by atoms with Crippen LogP contribution in [-0.2, 0) is 16.7 Å². The minimum atomic E-state index is -4.56. The molecule has 0 unspecified atom stereocenters. The van der Waals surface area contributed by atoms with Gasteiger partial charge in [0, 0.05) is 27.9 Å². The Hall–Kier alpha value is -3.59. The first-order chi connectivity index (χ1) is 14.8. The highest BCUT2D eigenvalue weighted by Gasteiger charge is 2.30. The molecule has 4 rings (SSSR count). The van der Waals surface area contributed by atoms with Crippen molar-refractivity contribution in [3.05, 3.63) is 69.7 Å². The van der Waals surface area contributed by atoms with Crippen LogP contribution >= 0.6 is 11.5 Å². The largest absolute Gasteiger partial charge is 0.392 e. The second kappa shape index (κ2) is 7.92. The molecule has 4 aromatic rings. The number of nitrogens with zero attached hydrogens (tertiary/aromatic N) is 6. The van der Waals surface area contributed by atoms with Gasteiger partial charge in [-0.3, -0.25) is 14.7 Å². The maximum absolute atomic E-state index is 11.8. The van der Waals surface area contributed by atoms with Crippen molar-refractivity contribution in [1.29, 1.82) is 0 Å². The van der Waals surface area contributed by atoms with Gasteiger partial charge in [0.2, 0.25) is 0 Å². The van der Waals surface area contributed by atoms with E-state index in [2.05, 4.69) is 14.6 Å². The molecule has 0 saturated heterocycles. The normalized spacial score (nSPS) is 11.5. The van der Waals surface area contributed by atoms with E-state index in [9.17, 15) is 28.2 Å². The Bertz CT molecular complexity index is 1380. The molecule has 0 aliphatic heterocycles. The van der Waals surface area contributed by atoms with E-state index in [-0.39, 0.29) is 33.2 Å². The van der Waals surface area contributed by atoms with Crippen LogP contribution in [0.5, 0.6) is 0 Å². The van der Waals surface area contributed by atoms with Gasteiger partial charge in [-0.25, -0.2) is 0 Å². The number of hydrogen-bond acceptors (Lipinski definition) is 9. The molecule has 0 fully saturated rings. The minimum Gasteiger partial charge on any atom is -0.392 e. The fourth-order valence-electron chi connectivity index (χ4n) is 2.90. The molecule has 0 bridgehead atoms. The van der Waals surface area contributed by atoms with Gasteiger partial charge in [0.1, 0.15) is 4.90 Å². The number of rotatable bonds is 6. The van der Waals surface area contributed by atoms with Gasteiger partial charge in [0.05, 0.1) is 28.4 Å². The fourth-order valence-corrected chi connectivity index (χ4v) is 4.08. The van der Waals surface area contributed by atoms with Crippen LogP contribution in [0.25, 0.3) is 22.8 Å². The number of aromatic nitrogens is 5. The van der Waals surface area contributed by atoms with Crippen LogP contribution in [0.15, 0.2) is 58.9 Å². The quantitative estimate of drug-likeness (QED) is 0.186. The first kappa shape index (κ1) is 20.7. The highest BCUT2D eigenvalue weighted by Crippen LogP contribution is 2.25. The van der Waals surface area contributed by atoms with Gasteiger partial charge in [-0.15, -0.1) is 0 Å². The number of hydrogen-bond donors (Lipinski definition) is 2. The van der Waals surface area contributed by atoms with Crippen molar-refractivity contribution in [1.82, 2.24) is 19.4 Å². The third-order valence-electron chi connectivity index (χ3n) is 4.27. The number of nitro benzene ring substituents is 1. The second-order valence-corrected chi connectivity index (χ2v) is 8.23. The lowest BCUT2D eigenvalue weighted by Gasteiger charge is -2.03. The van der Waals surface area contributed by atoms with Crippen LogP contribution < -0.4 is 4.80 Å². The summed E-state index contributed by atoms with van der Waals surface area (Å²) in [5.74, 6) is -0.0401. The smallest absolute Gasteiger partial charge is 0.341 e.